The van der Waals surface area contributed by atoms with E-state index in [1.54, 1.807) is 6.07 Å². The van der Waals surface area contributed by atoms with Crippen LogP contribution in [0.1, 0.15) is 5.56 Å². The number of carbonyl (C=O) groups excluding carboxylic acids is 1. The molecule has 0 bridgehead atoms. The second-order valence-electron chi connectivity index (χ2n) is 4.18. The van der Waals surface area contributed by atoms with E-state index in [4.69, 9.17) is 23.2 Å². The van der Waals surface area contributed by atoms with Crippen LogP contribution in [-0.4, -0.2) is 11.8 Å². The van der Waals surface area contributed by atoms with Crippen LogP contribution < -0.4 is 4.90 Å². The Morgan fingerprint density at radius 3 is 2.35 bits per heavy atom. The fraction of sp³-hybridized carbons (Fsp3) is 0.133. The quantitative estimate of drug-likeness (QED) is 0.773. The van der Waals surface area contributed by atoms with Crippen LogP contribution in [-0.2, 0) is 11.3 Å². The smallest absolute Gasteiger partial charge is 0.242 e. The summed E-state index contributed by atoms with van der Waals surface area (Å²) in [6.07, 6.45) is 0. The zero-order valence-corrected chi connectivity index (χ0v) is 12.0. The summed E-state index contributed by atoms with van der Waals surface area (Å²) in [5.74, 6) is -0.773. The molecule has 0 aliphatic carbocycles. The van der Waals surface area contributed by atoms with Gasteiger partial charge >= 0.3 is 0 Å². The number of amides is 1. The Morgan fingerprint density at radius 2 is 1.75 bits per heavy atom. The minimum Gasteiger partial charge on any atom is -0.307 e. The lowest BCUT2D eigenvalue weighted by molar-refractivity contribution is -0.116. The van der Waals surface area contributed by atoms with Crippen LogP contribution in [0.25, 0.3) is 0 Å². The van der Waals surface area contributed by atoms with Crippen molar-refractivity contribution in [3.63, 3.8) is 0 Å². The van der Waals surface area contributed by atoms with Crippen molar-refractivity contribution in [3.8, 4) is 0 Å². The molecule has 104 valence electrons. The molecule has 2 aromatic carbocycles. The minimum atomic E-state index is -0.357. The Morgan fingerprint density at radius 1 is 1.10 bits per heavy atom. The van der Waals surface area contributed by atoms with Crippen LogP contribution in [0.3, 0.4) is 0 Å². The topological polar surface area (TPSA) is 20.3 Å². The lowest BCUT2D eigenvalue weighted by Crippen LogP contribution is -2.31. The molecule has 0 aromatic heterocycles. The Balaban J connectivity index is 2.31. The first-order chi connectivity index (χ1) is 9.61. The molecular weight excluding hydrogens is 300 g/mol. The summed E-state index contributed by atoms with van der Waals surface area (Å²) >= 11 is 11.7. The molecule has 0 atom stereocenters. The maximum absolute atomic E-state index is 13.0. The van der Waals surface area contributed by atoms with Gasteiger partial charge in [-0.15, -0.1) is 11.6 Å². The first-order valence-corrected chi connectivity index (χ1v) is 6.88. The van der Waals surface area contributed by atoms with Gasteiger partial charge in [-0.3, -0.25) is 4.79 Å². The van der Waals surface area contributed by atoms with Crippen molar-refractivity contribution in [1.29, 1.82) is 0 Å². The third kappa shape index (κ3) is 3.50. The first kappa shape index (κ1) is 14.8. The van der Waals surface area contributed by atoms with Gasteiger partial charge in [0.05, 0.1) is 6.54 Å². The third-order valence-electron chi connectivity index (χ3n) is 2.84. The standard InChI is InChI=1S/C15H12Cl2FNO/c16-9-15(20)19(13-7-5-12(18)6-8-13)10-11-3-1-2-4-14(11)17/h1-8H,9-10H2. The van der Waals surface area contributed by atoms with Gasteiger partial charge in [-0.2, -0.15) is 0 Å². The molecule has 2 rings (SSSR count). The fourth-order valence-corrected chi connectivity index (χ4v) is 2.15. The van der Waals surface area contributed by atoms with E-state index in [-0.39, 0.29) is 24.1 Å². The number of hydrogen-bond acceptors (Lipinski definition) is 1. The molecule has 0 fully saturated rings. The Bertz CT molecular complexity index is 601. The zero-order valence-electron chi connectivity index (χ0n) is 10.5. The number of halogens is 3. The second-order valence-corrected chi connectivity index (χ2v) is 4.86. The predicted octanol–water partition coefficient (Wildman–Crippen LogP) is 4.25. The number of nitrogens with zero attached hydrogens (tertiary/aromatic N) is 1. The van der Waals surface area contributed by atoms with Crippen molar-refractivity contribution in [2.45, 2.75) is 6.54 Å². The SMILES string of the molecule is O=C(CCl)N(Cc1ccccc1Cl)c1ccc(F)cc1. The van der Waals surface area contributed by atoms with E-state index in [2.05, 4.69) is 0 Å². The van der Waals surface area contributed by atoms with Gasteiger partial charge in [-0.05, 0) is 35.9 Å². The third-order valence-corrected chi connectivity index (χ3v) is 3.44. The van der Waals surface area contributed by atoms with E-state index < -0.39 is 0 Å². The van der Waals surface area contributed by atoms with Crippen molar-refractivity contribution in [2.75, 3.05) is 10.8 Å². The van der Waals surface area contributed by atoms with Gasteiger partial charge in [0.25, 0.3) is 0 Å². The molecule has 1 amide bonds. The molecule has 0 spiro atoms. The molecule has 0 unspecified atom stereocenters. The maximum Gasteiger partial charge on any atom is 0.242 e. The summed E-state index contributed by atoms with van der Waals surface area (Å²) in [6, 6.07) is 12.9. The lowest BCUT2D eigenvalue weighted by Gasteiger charge is -2.22. The van der Waals surface area contributed by atoms with Crippen LogP contribution in [0.15, 0.2) is 48.5 Å². The van der Waals surface area contributed by atoms with Gasteiger partial charge < -0.3 is 4.90 Å². The maximum atomic E-state index is 13.0. The van der Waals surface area contributed by atoms with Crippen molar-refractivity contribution < 1.29 is 9.18 Å². The van der Waals surface area contributed by atoms with Gasteiger partial charge in [-0.25, -0.2) is 4.39 Å². The normalized spacial score (nSPS) is 10.3. The summed E-state index contributed by atoms with van der Waals surface area (Å²) in [5.41, 5.74) is 1.38. The molecule has 5 heteroatoms. The van der Waals surface area contributed by atoms with E-state index in [1.807, 2.05) is 18.2 Å². The van der Waals surface area contributed by atoms with Gasteiger partial charge in [0.15, 0.2) is 0 Å². The number of alkyl halides is 1. The Hall–Kier alpha value is -1.58. The molecule has 0 radical (unpaired) electrons. The van der Waals surface area contributed by atoms with Crippen LogP contribution in [0.5, 0.6) is 0 Å². The molecular formula is C15H12Cl2FNO. The highest BCUT2D eigenvalue weighted by atomic mass is 35.5. The number of benzene rings is 2. The summed E-state index contributed by atoms with van der Waals surface area (Å²) in [7, 11) is 0. The largest absolute Gasteiger partial charge is 0.307 e. The zero-order chi connectivity index (χ0) is 14.5. The summed E-state index contributed by atoms with van der Waals surface area (Å²) in [5, 5.41) is 0.571. The Kier molecular flexibility index (Phi) is 4.99. The highest BCUT2D eigenvalue weighted by molar-refractivity contribution is 6.31. The summed E-state index contributed by atoms with van der Waals surface area (Å²) < 4.78 is 13.0. The van der Waals surface area contributed by atoms with Crippen LogP contribution in [0, 0.1) is 5.82 Å². The average Bonchev–Trinajstić information content (AvgIpc) is 2.47. The van der Waals surface area contributed by atoms with Crippen molar-refractivity contribution in [1.82, 2.24) is 0 Å². The fourth-order valence-electron chi connectivity index (χ4n) is 1.81. The molecule has 0 saturated carbocycles. The summed E-state index contributed by atoms with van der Waals surface area (Å²) in [6.45, 7) is 0.289. The second kappa shape index (κ2) is 6.73. The van der Waals surface area contributed by atoms with E-state index in [0.29, 0.717) is 10.7 Å². The molecule has 0 N–H and O–H groups in total. The van der Waals surface area contributed by atoms with Crippen molar-refractivity contribution >= 4 is 34.8 Å². The van der Waals surface area contributed by atoms with Gasteiger partial charge in [0.2, 0.25) is 5.91 Å². The van der Waals surface area contributed by atoms with Crippen LogP contribution in [0.2, 0.25) is 5.02 Å². The van der Waals surface area contributed by atoms with Crippen molar-refractivity contribution in [2.24, 2.45) is 0 Å². The number of hydrogen-bond donors (Lipinski definition) is 0. The Labute approximate surface area is 126 Å². The lowest BCUT2D eigenvalue weighted by atomic mass is 10.2. The van der Waals surface area contributed by atoms with E-state index in [1.165, 1.54) is 29.2 Å². The van der Waals surface area contributed by atoms with Crippen LogP contribution >= 0.6 is 23.2 Å². The number of rotatable bonds is 4. The number of anilines is 1. The van der Waals surface area contributed by atoms with Crippen LogP contribution in [0.4, 0.5) is 10.1 Å². The van der Waals surface area contributed by atoms with E-state index >= 15 is 0 Å². The van der Waals surface area contributed by atoms with Crippen molar-refractivity contribution in [3.05, 3.63) is 64.9 Å². The van der Waals surface area contributed by atoms with Gasteiger partial charge in [0, 0.05) is 10.7 Å². The predicted molar refractivity (Wildman–Crippen MR) is 79.8 cm³/mol. The monoisotopic (exact) mass is 311 g/mol. The minimum absolute atomic E-state index is 0.151. The van der Waals surface area contributed by atoms with Gasteiger partial charge in [-0.1, -0.05) is 29.8 Å². The molecule has 0 aliphatic heterocycles. The molecule has 0 heterocycles. The molecule has 20 heavy (non-hydrogen) atoms. The molecule has 0 aliphatic rings. The molecule has 2 nitrogen and oxygen atoms in total. The highest BCUT2D eigenvalue weighted by Crippen LogP contribution is 2.22. The first-order valence-electron chi connectivity index (χ1n) is 5.97. The average molecular weight is 312 g/mol. The number of carbonyl (C=O) groups is 1. The highest BCUT2D eigenvalue weighted by Gasteiger charge is 2.16. The molecule has 0 saturated heterocycles. The molecule has 2 aromatic rings. The summed E-state index contributed by atoms with van der Waals surface area (Å²) in [4.78, 5) is 13.4. The van der Waals surface area contributed by atoms with Gasteiger partial charge in [0.1, 0.15) is 11.7 Å². The van der Waals surface area contributed by atoms with E-state index in [9.17, 15) is 9.18 Å². The van der Waals surface area contributed by atoms with E-state index in [0.717, 1.165) is 5.56 Å².